The van der Waals surface area contributed by atoms with Crippen LogP contribution in [0.4, 0.5) is 14.6 Å². The van der Waals surface area contributed by atoms with Gasteiger partial charge in [-0.1, -0.05) is 24.3 Å². The van der Waals surface area contributed by atoms with E-state index >= 15 is 0 Å². The Morgan fingerprint density at radius 1 is 1.03 bits per heavy atom. The molecule has 1 atom stereocenters. The van der Waals surface area contributed by atoms with Crippen LogP contribution in [0.15, 0.2) is 54.0 Å². The van der Waals surface area contributed by atoms with E-state index in [2.05, 4.69) is 30.8 Å². The molecule has 2 aromatic heterocycles. The van der Waals surface area contributed by atoms with Gasteiger partial charge in [-0.3, -0.25) is 4.90 Å². The lowest BCUT2D eigenvalue weighted by atomic mass is 9.93. The maximum atomic E-state index is 13.7. The topological polar surface area (TPSA) is 68.9 Å². The first-order valence-electron chi connectivity index (χ1n) is 11.2. The highest BCUT2D eigenvalue weighted by molar-refractivity contribution is 7.16. The van der Waals surface area contributed by atoms with Crippen LogP contribution in [0.1, 0.15) is 30.0 Å². The minimum absolute atomic E-state index is 0.0223. The lowest BCUT2D eigenvalue weighted by molar-refractivity contribution is 0.132. The Kier molecular flexibility index (Phi) is 6.86. The molecule has 4 aromatic rings. The molecule has 2 aromatic carbocycles. The highest BCUT2D eigenvalue weighted by Crippen LogP contribution is 2.35. The van der Waals surface area contributed by atoms with Crippen LogP contribution >= 0.6 is 22.9 Å². The Hall–Kier alpha value is -3.19. The van der Waals surface area contributed by atoms with Crippen LogP contribution in [-0.2, 0) is 0 Å². The fourth-order valence-corrected chi connectivity index (χ4v) is 5.57. The molecule has 1 fully saturated rings. The second-order valence-corrected chi connectivity index (χ2v) is 9.53. The summed E-state index contributed by atoms with van der Waals surface area (Å²) >= 11 is 7.61. The number of nitriles is 1. The van der Waals surface area contributed by atoms with E-state index in [9.17, 15) is 14.0 Å². The van der Waals surface area contributed by atoms with E-state index in [1.807, 2.05) is 0 Å². The van der Waals surface area contributed by atoms with E-state index in [-0.39, 0.29) is 29.0 Å². The summed E-state index contributed by atoms with van der Waals surface area (Å²) in [5.74, 6) is 0.0544. The normalized spacial score (nSPS) is 16.7. The molecule has 178 valence electrons. The Morgan fingerprint density at radius 3 is 2.31 bits per heavy atom. The SMILES string of the molecule is N#CCCC1CN(c2nc(Cl)nc3scnc23)CCN1C(c1ccc(F)cc1)c1ccc(F)cc1. The van der Waals surface area contributed by atoms with Gasteiger partial charge in [0.1, 0.15) is 17.2 Å². The number of anilines is 1. The van der Waals surface area contributed by atoms with Gasteiger partial charge in [-0.2, -0.15) is 10.2 Å². The standard InChI is InChI=1S/C25H21ClF2N6S/c26-25-31-23(21-24(32-25)35-15-30-21)33-12-13-34(20(14-33)2-1-11-29)22(16-3-7-18(27)8-4-16)17-5-9-19(28)10-6-17/h3-10,15,20,22H,1-2,12-14H2. The Bertz CT molecular complexity index is 1310. The van der Waals surface area contributed by atoms with Crippen molar-refractivity contribution in [3.63, 3.8) is 0 Å². The molecule has 35 heavy (non-hydrogen) atoms. The maximum Gasteiger partial charge on any atom is 0.225 e. The molecular formula is C25H21ClF2N6S. The molecular weight excluding hydrogens is 490 g/mol. The highest BCUT2D eigenvalue weighted by Gasteiger charge is 2.35. The number of halogens is 3. The molecule has 0 radical (unpaired) electrons. The number of thiazole rings is 1. The first-order chi connectivity index (χ1) is 17.0. The molecule has 0 spiro atoms. The molecule has 1 aliphatic rings. The monoisotopic (exact) mass is 510 g/mol. The molecule has 1 aliphatic heterocycles. The van der Waals surface area contributed by atoms with Gasteiger partial charge < -0.3 is 4.90 Å². The zero-order chi connectivity index (χ0) is 24.4. The van der Waals surface area contributed by atoms with Gasteiger partial charge in [0.05, 0.1) is 17.6 Å². The molecule has 0 aliphatic carbocycles. The Balaban J connectivity index is 1.52. The lowest BCUT2D eigenvalue weighted by Gasteiger charge is -2.46. The largest absolute Gasteiger partial charge is 0.352 e. The van der Waals surface area contributed by atoms with Gasteiger partial charge in [-0.05, 0) is 53.4 Å². The van der Waals surface area contributed by atoms with Gasteiger partial charge >= 0.3 is 0 Å². The number of hydrogen-bond acceptors (Lipinski definition) is 7. The number of fused-ring (bicyclic) bond motifs is 1. The summed E-state index contributed by atoms with van der Waals surface area (Å²) < 4.78 is 27.5. The fraction of sp³-hybridized carbons (Fsp3) is 0.280. The summed E-state index contributed by atoms with van der Waals surface area (Å²) in [6.07, 6.45) is 1.01. The smallest absolute Gasteiger partial charge is 0.225 e. The highest BCUT2D eigenvalue weighted by atomic mass is 35.5. The third-order valence-electron chi connectivity index (χ3n) is 6.27. The molecule has 5 rings (SSSR count). The molecule has 1 saturated heterocycles. The van der Waals surface area contributed by atoms with Crippen molar-refractivity contribution in [1.29, 1.82) is 5.26 Å². The average molecular weight is 511 g/mol. The van der Waals surface area contributed by atoms with Gasteiger partial charge in [-0.15, -0.1) is 11.3 Å². The molecule has 3 heterocycles. The third-order valence-corrected chi connectivity index (χ3v) is 7.16. The van der Waals surface area contributed by atoms with Gasteiger partial charge in [0.25, 0.3) is 0 Å². The molecule has 0 N–H and O–H groups in total. The summed E-state index contributed by atoms with van der Waals surface area (Å²) in [6.45, 7) is 1.88. The van der Waals surface area contributed by atoms with Crippen LogP contribution < -0.4 is 4.90 Å². The van der Waals surface area contributed by atoms with Crippen molar-refractivity contribution in [2.45, 2.75) is 24.9 Å². The predicted octanol–water partition coefficient (Wildman–Crippen LogP) is 5.60. The number of aromatic nitrogens is 3. The average Bonchev–Trinajstić information content (AvgIpc) is 3.33. The first kappa shape index (κ1) is 23.5. The van der Waals surface area contributed by atoms with Crippen LogP contribution in [0.3, 0.4) is 0 Å². The predicted molar refractivity (Wildman–Crippen MR) is 132 cm³/mol. The van der Waals surface area contributed by atoms with Gasteiger partial charge in [-0.25, -0.2) is 18.7 Å². The van der Waals surface area contributed by atoms with E-state index < -0.39 is 0 Å². The Labute approximate surface area is 210 Å². The lowest BCUT2D eigenvalue weighted by Crippen LogP contribution is -2.54. The van der Waals surface area contributed by atoms with Crippen molar-refractivity contribution < 1.29 is 8.78 Å². The van der Waals surface area contributed by atoms with Crippen LogP contribution in [0, 0.1) is 23.0 Å². The third kappa shape index (κ3) is 4.96. The van der Waals surface area contributed by atoms with Crippen LogP contribution in [0.5, 0.6) is 0 Å². The van der Waals surface area contributed by atoms with Crippen molar-refractivity contribution in [3.8, 4) is 6.07 Å². The first-order valence-corrected chi connectivity index (χ1v) is 12.4. The van der Waals surface area contributed by atoms with Crippen molar-refractivity contribution in [2.24, 2.45) is 0 Å². The van der Waals surface area contributed by atoms with Crippen LogP contribution in [-0.4, -0.2) is 45.5 Å². The fourth-order valence-electron chi connectivity index (χ4n) is 4.70. The summed E-state index contributed by atoms with van der Waals surface area (Å²) in [4.78, 5) is 18.4. The van der Waals surface area contributed by atoms with Crippen LogP contribution in [0.2, 0.25) is 5.28 Å². The minimum Gasteiger partial charge on any atom is -0.352 e. The summed E-state index contributed by atoms with van der Waals surface area (Å²) in [5, 5.41) is 9.51. The molecule has 0 bridgehead atoms. The molecule has 0 amide bonds. The van der Waals surface area contributed by atoms with E-state index in [4.69, 9.17) is 11.6 Å². The zero-order valence-electron chi connectivity index (χ0n) is 18.6. The van der Waals surface area contributed by atoms with E-state index in [0.717, 1.165) is 16.0 Å². The maximum absolute atomic E-state index is 13.7. The van der Waals surface area contributed by atoms with E-state index in [1.165, 1.54) is 35.6 Å². The second kappa shape index (κ2) is 10.2. The number of benzene rings is 2. The molecule has 10 heteroatoms. The molecule has 0 saturated carbocycles. The van der Waals surface area contributed by atoms with E-state index in [1.54, 1.807) is 29.8 Å². The number of nitrogens with zero attached hydrogens (tertiary/aromatic N) is 6. The molecule has 1 unspecified atom stereocenters. The van der Waals surface area contributed by atoms with Crippen molar-refractivity contribution in [2.75, 3.05) is 24.5 Å². The van der Waals surface area contributed by atoms with Crippen molar-refractivity contribution in [3.05, 3.63) is 82.1 Å². The summed E-state index contributed by atoms with van der Waals surface area (Å²) in [5.41, 5.74) is 4.24. The number of hydrogen-bond donors (Lipinski definition) is 0. The van der Waals surface area contributed by atoms with E-state index in [0.29, 0.717) is 43.8 Å². The summed E-state index contributed by atoms with van der Waals surface area (Å²) in [6, 6.07) is 14.8. The number of piperazine rings is 1. The van der Waals surface area contributed by atoms with Gasteiger partial charge in [0.15, 0.2) is 10.6 Å². The summed E-state index contributed by atoms with van der Waals surface area (Å²) in [7, 11) is 0. The van der Waals surface area contributed by atoms with Crippen molar-refractivity contribution >= 4 is 39.1 Å². The minimum atomic E-state index is -0.314. The molecule has 6 nitrogen and oxygen atoms in total. The van der Waals surface area contributed by atoms with Gasteiger partial charge in [0.2, 0.25) is 5.28 Å². The second-order valence-electron chi connectivity index (χ2n) is 8.36. The Morgan fingerprint density at radius 2 is 1.69 bits per heavy atom. The zero-order valence-corrected chi connectivity index (χ0v) is 20.2. The quantitative estimate of drug-likeness (QED) is 0.314. The number of rotatable bonds is 6. The van der Waals surface area contributed by atoms with Gasteiger partial charge in [0, 0.05) is 32.1 Å². The van der Waals surface area contributed by atoms with Crippen LogP contribution in [0.25, 0.3) is 10.3 Å². The van der Waals surface area contributed by atoms with Crippen molar-refractivity contribution in [1.82, 2.24) is 19.9 Å².